The average molecular weight is 300 g/mol. The normalized spacial score (nSPS) is 21.8. The third kappa shape index (κ3) is 1.32. The van der Waals surface area contributed by atoms with E-state index in [0.717, 1.165) is 22.3 Å². The number of halogens is 2. The van der Waals surface area contributed by atoms with E-state index in [1.807, 2.05) is 12.1 Å². The van der Waals surface area contributed by atoms with Crippen molar-refractivity contribution in [2.45, 2.75) is 37.5 Å². The molecule has 3 rings (SSSR count). The number of carbonyl (C=O) groups excluding carboxylic acids is 1. The molecule has 1 spiro atoms. The van der Waals surface area contributed by atoms with Gasteiger partial charge in [-0.05, 0) is 52.0 Å². The molecule has 0 aliphatic heterocycles. The van der Waals surface area contributed by atoms with Crippen LogP contribution in [0.2, 0.25) is 5.02 Å². The topological polar surface area (TPSA) is 17.1 Å². The molecule has 1 fully saturated rings. The molecule has 0 atom stereocenters. The Morgan fingerprint density at radius 3 is 2.62 bits per heavy atom. The number of rotatable bonds is 0. The van der Waals surface area contributed by atoms with E-state index in [1.165, 1.54) is 24.0 Å². The van der Waals surface area contributed by atoms with E-state index in [1.54, 1.807) is 0 Å². The second-order valence-electron chi connectivity index (χ2n) is 4.81. The van der Waals surface area contributed by atoms with E-state index >= 15 is 0 Å². The number of hydrogen-bond acceptors (Lipinski definition) is 1. The van der Waals surface area contributed by atoms with Gasteiger partial charge in [-0.25, -0.2) is 0 Å². The number of ketones is 1. The molecule has 16 heavy (non-hydrogen) atoms. The largest absolute Gasteiger partial charge is 0.298 e. The molecule has 0 aromatic heterocycles. The maximum Gasteiger partial charge on any atom is 0.147 e. The Morgan fingerprint density at radius 1 is 1.25 bits per heavy atom. The first-order chi connectivity index (χ1) is 7.63. The second-order valence-corrected chi connectivity index (χ2v) is 6.07. The Hall–Kier alpha value is -0.340. The minimum atomic E-state index is -0.181. The fraction of sp³-hybridized carbons (Fsp3) is 0.462. The van der Waals surface area contributed by atoms with Crippen LogP contribution in [0.1, 0.15) is 36.8 Å². The van der Waals surface area contributed by atoms with Gasteiger partial charge in [-0.1, -0.05) is 24.4 Å². The van der Waals surface area contributed by atoms with Crippen molar-refractivity contribution in [1.29, 1.82) is 0 Å². The maximum atomic E-state index is 12.2. The van der Waals surface area contributed by atoms with Gasteiger partial charge in [0.2, 0.25) is 0 Å². The molecule has 0 saturated heterocycles. The highest BCUT2D eigenvalue weighted by molar-refractivity contribution is 9.10. The summed E-state index contributed by atoms with van der Waals surface area (Å²) in [5.41, 5.74) is 2.19. The van der Waals surface area contributed by atoms with Gasteiger partial charge in [0.15, 0.2) is 0 Å². The molecule has 84 valence electrons. The maximum absolute atomic E-state index is 12.2. The zero-order chi connectivity index (χ0) is 11.3. The summed E-state index contributed by atoms with van der Waals surface area (Å²) in [7, 11) is 0. The molecule has 1 nitrogen and oxygen atoms in total. The van der Waals surface area contributed by atoms with E-state index in [4.69, 9.17) is 11.6 Å². The van der Waals surface area contributed by atoms with Crippen molar-refractivity contribution in [3.05, 3.63) is 32.8 Å². The SMILES string of the molecule is O=C1Cc2cc(Br)c(Cl)cc2C12CCCC2. The number of fused-ring (bicyclic) bond motifs is 2. The van der Waals surface area contributed by atoms with Gasteiger partial charge >= 0.3 is 0 Å². The van der Waals surface area contributed by atoms with Gasteiger partial charge < -0.3 is 0 Å². The lowest BCUT2D eigenvalue weighted by atomic mass is 9.79. The third-order valence-corrected chi connectivity index (χ3v) is 5.20. The van der Waals surface area contributed by atoms with Gasteiger partial charge in [0, 0.05) is 10.9 Å². The van der Waals surface area contributed by atoms with Gasteiger partial charge in [-0.3, -0.25) is 4.79 Å². The van der Waals surface area contributed by atoms with Crippen molar-refractivity contribution in [3.63, 3.8) is 0 Å². The van der Waals surface area contributed by atoms with Crippen LogP contribution in [0.4, 0.5) is 0 Å². The van der Waals surface area contributed by atoms with Gasteiger partial charge in [-0.15, -0.1) is 0 Å². The summed E-state index contributed by atoms with van der Waals surface area (Å²) in [6.45, 7) is 0. The molecule has 0 amide bonds. The first-order valence-corrected chi connectivity index (χ1v) is 6.82. The number of hydrogen-bond donors (Lipinski definition) is 0. The molecule has 0 radical (unpaired) electrons. The van der Waals surface area contributed by atoms with Crippen LogP contribution in [0.3, 0.4) is 0 Å². The predicted octanol–water partition coefficient (Wildman–Crippen LogP) is 4.04. The van der Waals surface area contributed by atoms with Crippen molar-refractivity contribution in [3.8, 4) is 0 Å². The fourth-order valence-electron chi connectivity index (χ4n) is 3.20. The highest BCUT2D eigenvalue weighted by Gasteiger charge is 2.47. The summed E-state index contributed by atoms with van der Waals surface area (Å²) in [4.78, 5) is 12.2. The van der Waals surface area contributed by atoms with Crippen LogP contribution in [0.25, 0.3) is 0 Å². The Bertz CT molecular complexity index is 475. The van der Waals surface area contributed by atoms with Crippen LogP contribution in [0.15, 0.2) is 16.6 Å². The van der Waals surface area contributed by atoms with Gasteiger partial charge in [0.05, 0.1) is 10.4 Å². The third-order valence-electron chi connectivity index (χ3n) is 4.00. The molecule has 0 bridgehead atoms. The lowest BCUT2D eigenvalue weighted by Gasteiger charge is -2.22. The predicted molar refractivity (Wildman–Crippen MR) is 68.0 cm³/mol. The van der Waals surface area contributed by atoms with E-state index in [-0.39, 0.29) is 5.41 Å². The Labute approximate surface area is 108 Å². The highest BCUT2D eigenvalue weighted by atomic mass is 79.9. The van der Waals surface area contributed by atoms with Gasteiger partial charge in [0.25, 0.3) is 0 Å². The van der Waals surface area contributed by atoms with Crippen LogP contribution < -0.4 is 0 Å². The van der Waals surface area contributed by atoms with Crippen LogP contribution in [-0.4, -0.2) is 5.78 Å². The molecule has 2 aliphatic rings. The van der Waals surface area contributed by atoms with Gasteiger partial charge in [0.1, 0.15) is 5.78 Å². The molecule has 0 unspecified atom stereocenters. The zero-order valence-electron chi connectivity index (χ0n) is 8.85. The molecule has 1 aromatic carbocycles. The molecule has 1 saturated carbocycles. The van der Waals surface area contributed by atoms with Gasteiger partial charge in [-0.2, -0.15) is 0 Å². The fourth-order valence-corrected chi connectivity index (χ4v) is 3.75. The lowest BCUT2D eigenvalue weighted by molar-refractivity contribution is -0.122. The van der Waals surface area contributed by atoms with Crippen molar-refractivity contribution in [1.82, 2.24) is 0 Å². The van der Waals surface area contributed by atoms with Crippen LogP contribution in [0.5, 0.6) is 0 Å². The highest BCUT2D eigenvalue weighted by Crippen LogP contribution is 2.49. The molecule has 0 heterocycles. The summed E-state index contributed by atoms with van der Waals surface area (Å²) in [5.74, 6) is 0.397. The number of benzene rings is 1. The monoisotopic (exact) mass is 298 g/mol. The van der Waals surface area contributed by atoms with Crippen molar-refractivity contribution in [2.75, 3.05) is 0 Å². The first kappa shape index (κ1) is 10.8. The number of carbonyl (C=O) groups is 1. The van der Waals surface area contributed by atoms with E-state index in [2.05, 4.69) is 15.9 Å². The summed E-state index contributed by atoms with van der Waals surface area (Å²) in [6.07, 6.45) is 4.94. The minimum absolute atomic E-state index is 0.181. The van der Waals surface area contributed by atoms with Crippen molar-refractivity contribution >= 4 is 33.3 Å². The number of Topliss-reactive ketones (excluding diaryl/α,β-unsaturated/α-hetero) is 1. The zero-order valence-corrected chi connectivity index (χ0v) is 11.2. The summed E-state index contributed by atoms with van der Waals surface area (Å²) >= 11 is 9.57. The Balaban J connectivity index is 2.20. The molecule has 2 aliphatic carbocycles. The van der Waals surface area contributed by atoms with Crippen LogP contribution in [-0.2, 0) is 16.6 Å². The molecule has 3 heteroatoms. The standard InChI is InChI=1S/C13H12BrClO/c14-10-5-8-6-12(16)13(3-1-2-4-13)9(8)7-11(10)15/h5,7H,1-4,6H2. The molecular weight excluding hydrogens is 287 g/mol. The first-order valence-electron chi connectivity index (χ1n) is 5.65. The van der Waals surface area contributed by atoms with Crippen LogP contribution in [0, 0.1) is 0 Å². The van der Waals surface area contributed by atoms with E-state index in [9.17, 15) is 4.79 Å². The lowest BCUT2D eigenvalue weighted by Crippen LogP contribution is -2.28. The molecular formula is C13H12BrClO. The molecule has 0 N–H and O–H groups in total. The second kappa shape index (κ2) is 3.58. The minimum Gasteiger partial charge on any atom is -0.298 e. The van der Waals surface area contributed by atoms with E-state index < -0.39 is 0 Å². The summed E-state index contributed by atoms with van der Waals surface area (Å²) in [6, 6.07) is 4.01. The quantitative estimate of drug-likeness (QED) is 0.706. The van der Waals surface area contributed by atoms with E-state index in [0.29, 0.717) is 12.2 Å². The van der Waals surface area contributed by atoms with Crippen molar-refractivity contribution in [2.24, 2.45) is 0 Å². The summed E-state index contributed by atoms with van der Waals surface area (Å²) in [5, 5.41) is 0.722. The van der Waals surface area contributed by atoms with Crippen LogP contribution >= 0.6 is 27.5 Å². The Kier molecular flexibility index (Phi) is 2.41. The smallest absolute Gasteiger partial charge is 0.147 e. The molecule has 1 aromatic rings. The summed E-state index contributed by atoms with van der Waals surface area (Å²) < 4.78 is 0.899. The van der Waals surface area contributed by atoms with Crippen molar-refractivity contribution < 1.29 is 4.79 Å². The Morgan fingerprint density at radius 2 is 1.94 bits per heavy atom. The average Bonchev–Trinajstić information content (AvgIpc) is 2.80.